The van der Waals surface area contributed by atoms with E-state index in [2.05, 4.69) is 23.8 Å². The van der Waals surface area contributed by atoms with Crippen molar-refractivity contribution >= 4 is 23.8 Å². The lowest BCUT2D eigenvalue weighted by Crippen LogP contribution is -2.26. The molecule has 0 radical (unpaired) electrons. The summed E-state index contributed by atoms with van der Waals surface area (Å²) in [4.78, 5) is 45.3. The highest BCUT2D eigenvalue weighted by Crippen LogP contribution is 1.95. The van der Waals surface area contributed by atoms with Crippen LogP contribution in [0.25, 0.3) is 0 Å². The van der Waals surface area contributed by atoms with E-state index in [0.29, 0.717) is 49.9 Å². The predicted octanol–water partition coefficient (Wildman–Crippen LogP) is 1.02. The SMILES string of the molecule is C=C(C)C(=O)NCCCCOC(=O)C(=O)OCCCCNC(=O)C(=C)C. The highest BCUT2D eigenvalue weighted by atomic mass is 16.6. The highest BCUT2D eigenvalue weighted by Gasteiger charge is 2.16. The molecular formula is C18H28N2O6. The van der Waals surface area contributed by atoms with Crippen molar-refractivity contribution in [2.45, 2.75) is 39.5 Å². The first-order valence-electron chi connectivity index (χ1n) is 8.47. The van der Waals surface area contributed by atoms with E-state index in [1.165, 1.54) is 0 Å². The fraction of sp³-hybridized carbons (Fsp3) is 0.556. The Morgan fingerprint density at radius 1 is 0.692 bits per heavy atom. The monoisotopic (exact) mass is 368 g/mol. The molecule has 0 heterocycles. The van der Waals surface area contributed by atoms with Crippen LogP contribution >= 0.6 is 0 Å². The molecule has 0 bridgehead atoms. The van der Waals surface area contributed by atoms with Crippen LogP contribution in [0, 0.1) is 0 Å². The van der Waals surface area contributed by atoms with Gasteiger partial charge in [0.1, 0.15) is 0 Å². The number of ether oxygens (including phenoxy) is 2. The third kappa shape index (κ3) is 11.8. The molecule has 2 amide bonds. The fourth-order valence-electron chi connectivity index (χ4n) is 1.61. The van der Waals surface area contributed by atoms with Crippen molar-refractivity contribution in [1.82, 2.24) is 10.6 Å². The van der Waals surface area contributed by atoms with Crippen molar-refractivity contribution in [3.63, 3.8) is 0 Å². The van der Waals surface area contributed by atoms with E-state index >= 15 is 0 Å². The number of unbranched alkanes of at least 4 members (excludes halogenated alkanes) is 2. The van der Waals surface area contributed by atoms with Crippen molar-refractivity contribution < 1.29 is 28.7 Å². The highest BCUT2D eigenvalue weighted by molar-refractivity contribution is 6.29. The minimum atomic E-state index is -1.04. The molecule has 0 aromatic heterocycles. The number of nitrogens with one attached hydrogen (secondary N) is 2. The van der Waals surface area contributed by atoms with Gasteiger partial charge in [-0.05, 0) is 39.5 Å². The predicted molar refractivity (Wildman–Crippen MR) is 96.0 cm³/mol. The molecule has 146 valence electrons. The van der Waals surface area contributed by atoms with Crippen molar-refractivity contribution in [1.29, 1.82) is 0 Å². The second-order valence-electron chi connectivity index (χ2n) is 5.76. The molecule has 0 atom stereocenters. The van der Waals surface area contributed by atoms with Gasteiger partial charge in [-0.15, -0.1) is 0 Å². The largest absolute Gasteiger partial charge is 0.457 e. The molecule has 8 nitrogen and oxygen atoms in total. The van der Waals surface area contributed by atoms with E-state index < -0.39 is 11.9 Å². The molecule has 2 N–H and O–H groups in total. The molecule has 0 spiro atoms. The number of hydrogen-bond acceptors (Lipinski definition) is 6. The maximum atomic E-state index is 11.4. The molecule has 0 aromatic rings. The second kappa shape index (κ2) is 13.6. The summed E-state index contributed by atoms with van der Waals surface area (Å²) in [7, 11) is 0. The van der Waals surface area contributed by atoms with Gasteiger partial charge in [-0.2, -0.15) is 0 Å². The Balaban J connectivity index is 3.61. The number of carbonyl (C=O) groups excluding carboxylic acids is 4. The number of amides is 2. The standard InChI is InChI=1S/C18H28N2O6/c1-13(2)15(21)19-9-5-7-11-25-17(23)18(24)26-12-8-6-10-20-16(22)14(3)4/h1,3,5-12H2,2,4H3,(H,19,21)(H,20,22). The molecule has 0 unspecified atom stereocenters. The van der Waals surface area contributed by atoms with E-state index in [1.807, 2.05) is 0 Å². The van der Waals surface area contributed by atoms with Crippen molar-refractivity contribution in [2.75, 3.05) is 26.3 Å². The summed E-state index contributed by atoms with van der Waals surface area (Å²) in [5.41, 5.74) is 0.856. The maximum Gasteiger partial charge on any atom is 0.417 e. The van der Waals surface area contributed by atoms with Gasteiger partial charge < -0.3 is 20.1 Å². The van der Waals surface area contributed by atoms with Gasteiger partial charge in [0.2, 0.25) is 11.8 Å². The lowest BCUT2D eigenvalue weighted by molar-refractivity contribution is -0.167. The van der Waals surface area contributed by atoms with Crippen LogP contribution in [0.2, 0.25) is 0 Å². The Hall–Kier alpha value is -2.64. The molecule has 0 fully saturated rings. The first-order valence-corrected chi connectivity index (χ1v) is 8.47. The number of esters is 2. The fourth-order valence-corrected chi connectivity index (χ4v) is 1.61. The molecule has 0 aliphatic rings. The Morgan fingerprint density at radius 2 is 1.04 bits per heavy atom. The van der Waals surface area contributed by atoms with Crippen LogP contribution < -0.4 is 10.6 Å². The van der Waals surface area contributed by atoms with Gasteiger partial charge in [0.05, 0.1) is 13.2 Å². The zero-order valence-electron chi connectivity index (χ0n) is 15.5. The number of hydrogen-bond donors (Lipinski definition) is 2. The van der Waals surface area contributed by atoms with Crippen LogP contribution in [-0.4, -0.2) is 50.1 Å². The minimum absolute atomic E-state index is 0.0732. The zero-order chi connectivity index (χ0) is 19.9. The first kappa shape index (κ1) is 23.4. The summed E-state index contributed by atoms with van der Waals surface area (Å²) in [6.07, 6.45) is 2.24. The van der Waals surface area contributed by atoms with E-state index in [9.17, 15) is 19.2 Å². The maximum absolute atomic E-state index is 11.4. The van der Waals surface area contributed by atoms with Crippen LogP contribution in [0.1, 0.15) is 39.5 Å². The van der Waals surface area contributed by atoms with Crippen molar-refractivity contribution in [3.8, 4) is 0 Å². The number of rotatable bonds is 12. The summed E-state index contributed by atoms with van der Waals surface area (Å²) in [6.45, 7) is 11.3. The summed E-state index contributed by atoms with van der Waals surface area (Å²) >= 11 is 0. The average Bonchev–Trinajstić information content (AvgIpc) is 2.59. The van der Waals surface area contributed by atoms with Gasteiger partial charge in [-0.3, -0.25) is 9.59 Å². The van der Waals surface area contributed by atoms with Crippen LogP contribution in [0.15, 0.2) is 24.3 Å². The first-order chi connectivity index (χ1) is 12.3. The summed E-state index contributed by atoms with van der Waals surface area (Å²) < 4.78 is 9.57. The third-order valence-electron chi connectivity index (χ3n) is 3.12. The van der Waals surface area contributed by atoms with Crippen LogP contribution in [0.5, 0.6) is 0 Å². The Bertz CT molecular complexity index is 494. The molecule has 0 rings (SSSR count). The lowest BCUT2D eigenvalue weighted by Gasteiger charge is -2.07. The number of carbonyl (C=O) groups is 4. The Kier molecular flexibility index (Phi) is 12.2. The molecule has 0 aliphatic carbocycles. The molecule has 0 aromatic carbocycles. The van der Waals surface area contributed by atoms with Gasteiger partial charge in [-0.1, -0.05) is 13.2 Å². The van der Waals surface area contributed by atoms with E-state index in [1.54, 1.807) is 13.8 Å². The third-order valence-corrected chi connectivity index (χ3v) is 3.12. The van der Waals surface area contributed by atoms with Gasteiger partial charge in [-0.25, -0.2) is 9.59 Å². The van der Waals surface area contributed by atoms with Gasteiger partial charge in [0.25, 0.3) is 0 Å². The Labute approximate surface area is 154 Å². The summed E-state index contributed by atoms with van der Waals surface area (Å²) in [6, 6.07) is 0. The van der Waals surface area contributed by atoms with Crippen molar-refractivity contribution in [2.24, 2.45) is 0 Å². The van der Waals surface area contributed by atoms with Crippen LogP contribution in [0.4, 0.5) is 0 Å². The van der Waals surface area contributed by atoms with E-state index in [4.69, 9.17) is 9.47 Å². The molecule has 26 heavy (non-hydrogen) atoms. The molecule has 8 heteroatoms. The minimum Gasteiger partial charge on any atom is -0.457 e. The van der Waals surface area contributed by atoms with E-state index in [0.717, 1.165) is 0 Å². The lowest BCUT2D eigenvalue weighted by atomic mass is 10.3. The zero-order valence-corrected chi connectivity index (χ0v) is 15.5. The van der Waals surface area contributed by atoms with Crippen LogP contribution in [0.3, 0.4) is 0 Å². The normalized spacial score (nSPS) is 9.77. The summed E-state index contributed by atoms with van der Waals surface area (Å²) in [5, 5.41) is 5.30. The quantitative estimate of drug-likeness (QED) is 0.230. The van der Waals surface area contributed by atoms with Gasteiger partial charge in [0, 0.05) is 24.2 Å². The Morgan fingerprint density at radius 3 is 1.35 bits per heavy atom. The molecule has 0 saturated carbocycles. The van der Waals surface area contributed by atoms with Gasteiger partial charge >= 0.3 is 11.9 Å². The second-order valence-corrected chi connectivity index (χ2v) is 5.76. The molecular weight excluding hydrogens is 340 g/mol. The van der Waals surface area contributed by atoms with Gasteiger partial charge in [0.15, 0.2) is 0 Å². The van der Waals surface area contributed by atoms with Crippen molar-refractivity contribution in [3.05, 3.63) is 24.3 Å². The van der Waals surface area contributed by atoms with E-state index in [-0.39, 0.29) is 25.0 Å². The average molecular weight is 368 g/mol. The molecule has 0 saturated heterocycles. The summed E-state index contributed by atoms with van der Waals surface area (Å²) in [5.74, 6) is -2.51. The molecule has 0 aliphatic heterocycles. The topological polar surface area (TPSA) is 111 Å². The van der Waals surface area contributed by atoms with Crippen LogP contribution in [-0.2, 0) is 28.7 Å². The smallest absolute Gasteiger partial charge is 0.417 e.